The number of thiazole rings is 1. The van der Waals surface area contributed by atoms with Gasteiger partial charge in [-0.2, -0.15) is 0 Å². The zero-order valence-corrected chi connectivity index (χ0v) is 13.1. The number of H-pyrrole nitrogens is 1. The van der Waals surface area contributed by atoms with Crippen LogP contribution in [0.15, 0.2) is 23.0 Å². The molecule has 0 radical (unpaired) electrons. The predicted molar refractivity (Wildman–Crippen MR) is 83.8 cm³/mol. The number of carboxylic acid groups (broad SMARTS) is 1. The quantitative estimate of drug-likeness (QED) is 0.888. The van der Waals surface area contributed by atoms with Crippen molar-refractivity contribution in [3.63, 3.8) is 0 Å². The second-order valence-electron chi connectivity index (χ2n) is 5.18. The molecule has 0 fully saturated rings. The number of hydrogen-bond acceptors (Lipinski definition) is 4. The van der Waals surface area contributed by atoms with Gasteiger partial charge in [-0.1, -0.05) is 23.5 Å². The van der Waals surface area contributed by atoms with Gasteiger partial charge in [0.25, 0.3) is 0 Å². The molecule has 1 aromatic heterocycles. The molecule has 2 rings (SSSR count). The lowest BCUT2D eigenvalue weighted by Gasteiger charge is -2.14. The minimum Gasteiger partial charge on any atom is -0.480 e. The minimum absolute atomic E-state index is 0.0571. The van der Waals surface area contributed by atoms with Gasteiger partial charge in [-0.25, -0.2) is 0 Å². The molecule has 0 aliphatic carbocycles. The van der Waals surface area contributed by atoms with E-state index in [2.05, 4.69) is 4.98 Å². The Kier molecular flexibility index (Phi) is 4.59. The Morgan fingerprint density at radius 1 is 1.33 bits per heavy atom. The lowest BCUT2D eigenvalue weighted by atomic mass is 10.0. The number of aryl methyl sites for hydroxylation is 2. The fourth-order valence-electron chi connectivity index (χ4n) is 2.13. The number of benzene rings is 1. The van der Waals surface area contributed by atoms with Gasteiger partial charge in [0.2, 0.25) is 0 Å². The Labute approximate surface area is 126 Å². The standard InChI is InChI=1S/C15H18N2O3S/c1-9-4-5-11(6-10(9)2)14-12(21-15(20)16-14)7-17(3)8-13(18)19/h4-6H,7-8H2,1-3H3,(H,16,20)(H,18,19). The van der Waals surface area contributed by atoms with E-state index in [-0.39, 0.29) is 11.4 Å². The molecular formula is C15H18N2O3S. The van der Waals surface area contributed by atoms with Crippen molar-refractivity contribution in [3.8, 4) is 11.3 Å². The molecule has 0 aliphatic heterocycles. The topological polar surface area (TPSA) is 73.4 Å². The first-order valence-corrected chi connectivity index (χ1v) is 7.38. The van der Waals surface area contributed by atoms with E-state index < -0.39 is 5.97 Å². The van der Waals surface area contributed by atoms with Crippen molar-refractivity contribution in [2.45, 2.75) is 20.4 Å². The fraction of sp³-hybridized carbons (Fsp3) is 0.333. The maximum atomic E-state index is 11.7. The summed E-state index contributed by atoms with van der Waals surface area (Å²) in [6.07, 6.45) is 0. The van der Waals surface area contributed by atoms with E-state index in [1.54, 1.807) is 11.9 Å². The predicted octanol–water partition coefficient (Wildman–Crippen LogP) is 2.24. The highest BCUT2D eigenvalue weighted by Crippen LogP contribution is 2.26. The zero-order valence-electron chi connectivity index (χ0n) is 12.3. The van der Waals surface area contributed by atoms with Crippen LogP contribution in [0.25, 0.3) is 11.3 Å². The number of aromatic amines is 1. The number of nitrogens with one attached hydrogen (secondary N) is 1. The van der Waals surface area contributed by atoms with Crippen molar-refractivity contribution >= 4 is 17.3 Å². The van der Waals surface area contributed by atoms with Gasteiger partial charge in [-0.05, 0) is 43.7 Å². The van der Waals surface area contributed by atoms with Crippen molar-refractivity contribution in [1.82, 2.24) is 9.88 Å². The smallest absolute Gasteiger partial charge is 0.317 e. The van der Waals surface area contributed by atoms with Crippen molar-refractivity contribution < 1.29 is 9.90 Å². The third kappa shape index (κ3) is 3.80. The molecule has 1 aromatic carbocycles. The molecule has 6 heteroatoms. The Balaban J connectivity index is 2.34. The zero-order chi connectivity index (χ0) is 15.6. The highest BCUT2D eigenvalue weighted by atomic mass is 32.1. The molecule has 2 aromatic rings. The van der Waals surface area contributed by atoms with Gasteiger partial charge in [0.1, 0.15) is 0 Å². The van der Waals surface area contributed by atoms with Crippen molar-refractivity contribution in [2.24, 2.45) is 0 Å². The van der Waals surface area contributed by atoms with E-state index in [1.165, 1.54) is 5.56 Å². The van der Waals surface area contributed by atoms with Gasteiger partial charge >= 0.3 is 10.8 Å². The van der Waals surface area contributed by atoms with Crippen molar-refractivity contribution in [3.05, 3.63) is 43.9 Å². The largest absolute Gasteiger partial charge is 0.480 e. The summed E-state index contributed by atoms with van der Waals surface area (Å²) < 4.78 is 0. The summed E-state index contributed by atoms with van der Waals surface area (Å²) in [6, 6.07) is 6.03. The molecule has 0 saturated carbocycles. The molecule has 2 N–H and O–H groups in total. The summed E-state index contributed by atoms with van der Waals surface area (Å²) in [5.41, 5.74) is 4.09. The summed E-state index contributed by atoms with van der Waals surface area (Å²) in [7, 11) is 1.72. The maximum Gasteiger partial charge on any atom is 0.317 e. The molecule has 112 valence electrons. The van der Waals surface area contributed by atoms with Crippen LogP contribution < -0.4 is 4.87 Å². The molecule has 0 amide bonds. The van der Waals surface area contributed by atoms with Crippen LogP contribution in [0.2, 0.25) is 0 Å². The number of likely N-dealkylation sites (N-methyl/N-ethyl adjacent to an activating group) is 1. The third-order valence-corrected chi connectivity index (χ3v) is 4.20. The van der Waals surface area contributed by atoms with Crippen LogP contribution in [0.3, 0.4) is 0 Å². The Bertz CT molecular complexity index is 718. The van der Waals surface area contributed by atoms with Crippen molar-refractivity contribution in [1.29, 1.82) is 0 Å². The highest BCUT2D eigenvalue weighted by molar-refractivity contribution is 7.09. The SMILES string of the molecule is Cc1ccc(-c2[nH]c(=O)sc2CN(C)CC(=O)O)cc1C. The Hall–Kier alpha value is -1.92. The van der Waals surface area contributed by atoms with Crippen LogP contribution in [0.1, 0.15) is 16.0 Å². The van der Waals surface area contributed by atoms with E-state index in [1.807, 2.05) is 32.0 Å². The van der Waals surface area contributed by atoms with E-state index in [0.29, 0.717) is 6.54 Å². The molecule has 0 atom stereocenters. The lowest BCUT2D eigenvalue weighted by molar-refractivity contribution is -0.138. The van der Waals surface area contributed by atoms with Gasteiger partial charge in [0.05, 0.1) is 12.2 Å². The number of rotatable bonds is 5. The molecule has 0 aliphatic rings. The third-order valence-electron chi connectivity index (χ3n) is 3.34. The summed E-state index contributed by atoms with van der Waals surface area (Å²) in [5, 5.41) is 8.81. The van der Waals surface area contributed by atoms with Crippen LogP contribution in [-0.4, -0.2) is 34.6 Å². The van der Waals surface area contributed by atoms with Crippen LogP contribution >= 0.6 is 11.3 Å². The first kappa shape index (κ1) is 15.5. The number of aliphatic carboxylic acids is 1. The first-order chi connectivity index (χ1) is 9.86. The van der Waals surface area contributed by atoms with Crippen molar-refractivity contribution in [2.75, 3.05) is 13.6 Å². The molecule has 0 unspecified atom stereocenters. The van der Waals surface area contributed by atoms with Gasteiger partial charge < -0.3 is 10.1 Å². The Morgan fingerprint density at radius 3 is 2.67 bits per heavy atom. The van der Waals surface area contributed by atoms with E-state index >= 15 is 0 Å². The Morgan fingerprint density at radius 2 is 2.05 bits per heavy atom. The molecule has 21 heavy (non-hydrogen) atoms. The monoisotopic (exact) mass is 306 g/mol. The highest BCUT2D eigenvalue weighted by Gasteiger charge is 2.14. The molecule has 1 heterocycles. The number of carboxylic acids is 1. The minimum atomic E-state index is -0.881. The summed E-state index contributed by atoms with van der Waals surface area (Å²) >= 11 is 1.13. The average Bonchev–Trinajstić information content (AvgIpc) is 2.72. The molecular weight excluding hydrogens is 288 g/mol. The van der Waals surface area contributed by atoms with Gasteiger partial charge in [-0.3, -0.25) is 14.5 Å². The number of aromatic nitrogens is 1. The first-order valence-electron chi connectivity index (χ1n) is 6.56. The van der Waals surface area contributed by atoms with Gasteiger partial charge in [-0.15, -0.1) is 0 Å². The van der Waals surface area contributed by atoms with Gasteiger partial charge in [0, 0.05) is 11.4 Å². The van der Waals surface area contributed by atoms with E-state index in [4.69, 9.17) is 5.11 Å². The average molecular weight is 306 g/mol. The summed E-state index contributed by atoms with van der Waals surface area (Å²) in [6.45, 7) is 4.44. The second kappa shape index (κ2) is 6.24. The maximum absolute atomic E-state index is 11.7. The van der Waals surface area contributed by atoms with Crippen LogP contribution in [0.4, 0.5) is 0 Å². The van der Waals surface area contributed by atoms with E-state index in [9.17, 15) is 9.59 Å². The number of carbonyl (C=O) groups is 1. The molecule has 5 nitrogen and oxygen atoms in total. The summed E-state index contributed by atoms with van der Waals surface area (Å²) in [4.78, 5) is 27.7. The van der Waals surface area contributed by atoms with Crippen LogP contribution in [0, 0.1) is 13.8 Å². The molecule has 0 saturated heterocycles. The second-order valence-corrected chi connectivity index (χ2v) is 6.25. The van der Waals surface area contributed by atoms with Crippen LogP contribution in [0.5, 0.6) is 0 Å². The number of nitrogens with zero attached hydrogens (tertiary/aromatic N) is 1. The van der Waals surface area contributed by atoms with Gasteiger partial charge in [0.15, 0.2) is 0 Å². The molecule has 0 spiro atoms. The number of hydrogen-bond donors (Lipinski definition) is 2. The van der Waals surface area contributed by atoms with E-state index in [0.717, 1.165) is 33.0 Å². The molecule has 0 bridgehead atoms. The normalized spacial score (nSPS) is 11.0. The van der Waals surface area contributed by atoms with Crippen LogP contribution in [-0.2, 0) is 11.3 Å². The summed E-state index contributed by atoms with van der Waals surface area (Å²) in [5.74, 6) is -0.881. The fourth-order valence-corrected chi connectivity index (χ4v) is 3.07. The lowest BCUT2D eigenvalue weighted by Crippen LogP contribution is -2.24.